The summed E-state index contributed by atoms with van der Waals surface area (Å²) in [5.41, 5.74) is 4.39. The first-order valence-electron chi connectivity index (χ1n) is 9.50. The molecule has 0 unspecified atom stereocenters. The molecule has 0 spiro atoms. The lowest BCUT2D eigenvalue weighted by atomic mass is 9.86. The van der Waals surface area contributed by atoms with Gasteiger partial charge in [0.15, 0.2) is 5.75 Å². The Bertz CT molecular complexity index is 722. The van der Waals surface area contributed by atoms with E-state index in [1.54, 1.807) is 11.3 Å². The molecule has 0 aliphatic carbocycles. The average molecular weight is 373 g/mol. The van der Waals surface area contributed by atoms with Crippen molar-refractivity contribution in [3.8, 4) is 5.75 Å². The van der Waals surface area contributed by atoms with E-state index in [0.29, 0.717) is 12.0 Å². The molecule has 0 bridgehead atoms. The Hall–Kier alpha value is -1.56. The van der Waals surface area contributed by atoms with Crippen molar-refractivity contribution in [2.24, 2.45) is 5.41 Å². The third kappa shape index (κ3) is 4.05. The van der Waals surface area contributed by atoms with Gasteiger partial charge in [-0.1, -0.05) is 19.9 Å². The highest BCUT2D eigenvalue weighted by Gasteiger charge is 2.27. The Morgan fingerprint density at radius 1 is 1.12 bits per heavy atom. The molecule has 1 fully saturated rings. The van der Waals surface area contributed by atoms with Gasteiger partial charge in [-0.05, 0) is 46.4 Å². The first-order valence-corrected chi connectivity index (χ1v) is 10.4. The van der Waals surface area contributed by atoms with E-state index >= 15 is 0 Å². The van der Waals surface area contributed by atoms with Crippen LogP contribution < -0.4 is 9.79 Å². The van der Waals surface area contributed by atoms with Gasteiger partial charge in [-0.25, -0.2) is 0 Å². The summed E-state index contributed by atoms with van der Waals surface area (Å²) in [6.45, 7) is 11.0. The molecule has 4 rings (SSSR count). The highest BCUT2D eigenvalue weighted by molar-refractivity contribution is 7.07. The summed E-state index contributed by atoms with van der Waals surface area (Å²) in [6, 6.07) is 8.55. The summed E-state index contributed by atoms with van der Waals surface area (Å²) in [5, 5.41) is 4.46. The smallest absolute Gasteiger partial charge is 0.170 e. The fourth-order valence-corrected chi connectivity index (χ4v) is 4.85. The number of rotatable bonds is 5. The molecule has 3 heterocycles. The van der Waals surface area contributed by atoms with Crippen LogP contribution in [-0.2, 0) is 17.7 Å². The fourth-order valence-electron chi connectivity index (χ4n) is 4.18. The zero-order valence-electron chi connectivity index (χ0n) is 15.7. The molecule has 2 aromatic rings. The van der Waals surface area contributed by atoms with Crippen LogP contribution in [0.25, 0.3) is 0 Å². The van der Waals surface area contributed by atoms with Gasteiger partial charge < -0.3 is 9.79 Å². The van der Waals surface area contributed by atoms with Crippen LogP contribution in [-0.4, -0.2) is 44.2 Å². The van der Waals surface area contributed by atoms with Crippen molar-refractivity contribution < 1.29 is 9.78 Å². The second-order valence-corrected chi connectivity index (χ2v) is 8.92. The molecule has 1 aromatic carbocycles. The van der Waals surface area contributed by atoms with Gasteiger partial charge in [-0.15, -0.1) is 0 Å². The van der Waals surface area contributed by atoms with Crippen molar-refractivity contribution >= 4 is 17.0 Å². The molecular weight excluding hydrogens is 344 g/mol. The summed E-state index contributed by atoms with van der Waals surface area (Å²) >= 11 is 1.80. The number of nitrogens with zero attached hydrogens (tertiary/aromatic N) is 2. The molecule has 0 amide bonds. The lowest BCUT2D eigenvalue weighted by molar-refractivity contribution is -0.215. The normalized spacial score (nSPS) is 18.5. The van der Waals surface area contributed by atoms with E-state index in [4.69, 9.17) is 9.78 Å². The number of hydrogen-bond acceptors (Lipinski definition) is 5. The van der Waals surface area contributed by atoms with Gasteiger partial charge >= 0.3 is 0 Å². The maximum atomic E-state index is 5.36. The number of hydrogen-bond donors (Lipinski definition) is 0. The SMILES string of the molecule is CC(C)(Cc1ccsc1)CN1CCN(c2cccc3c2CCOO3)CC1. The zero-order valence-corrected chi connectivity index (χ0v) is 16.6. The highest BCUT2D eigenvalue weighted by atomic mass is 32.1. The van der Waals surface area contributed by atoms with Crippen LogP contribution in [0.1, 0.15) is 25.0 Å². The monoisotopic (exact) mass is 372 g/mol. The third-order valence-corrected chi connectivity index (χ3v) is 6.05. The van der Waals surface area contributed by atoms with E-state index in [1.807, 2.05) is 6.07 Å². The minimum atomic E-state index is 0.306. The highest BCUT2D eigenvalue weighted by Crippen LogP contribution is 2.33. The summed E-state index contributed by atoms with van der Waals surface area (Å²) in [6.07, 6.45) is 2.08. The van der Waals surface area contributed by atoms with Gasteiger partial charge in [0.2, 0.25) is 0 Å². The first kappa shape index (κ1) is 17.8. The number of piperazine rings is 1. The molecule has 1 aromatic heterocycles. The van der Waals surface area contributed by atoms with Crippen LogP contribution in [0.5, 0.6) is 5.75 Å². The molecule has 0 N–H and O–H groups in total. The molecular formula is C21H28N2O2S. The summed E-state index contributed by atoms with van der Waals surface area (Å²) in [4.78, 5) is 15.6. The predicted molar refractivity (Wildman–Crippen MR) is 107 cm³/mol. The number of benzene rings is 1. The second kappa shape index (κ2) is 7.59. The largest absolute Gasteiger partial charge is 0.369 e. The molecule has 5 heteroatoms. The summed E-state index contributed by atoms with van der Waals surface area (Å²) in [7, 11) is 0. The summed E-state index contributed by atoms with van der Waals surface area (Å²) in [5.74, 6) is 0.882. The van der Waals surface area contributed by atoms with Gasteiger partial charge in [-0.3, -0.25) is 4.90 Å². The van der Waals surface area contributed by atoms with Crippen LogP contribution >= 0.6 is 11.3 Å². The summed E-state index contributed by atoms with van der Waals surface area (Å²) < 4.78 is 0. The van der Waals surface area contributed by atoms with Gasteiger partial charge in [0.25, 0.3) is 0 Å². The Morgan fingerprint density at radius 2 is 1.96 bits per heavy atom. The lowest BCUT2D eigenvalue weighted by Gasteiger charge is -2.40. The van der Waals surface area contributed by atoms with Crippen LogP contribution in [0.3, 0.4) is 0 Å². The average Bonchev–Trinajstić information content (AvgIpc) is 3.14. The minimum absolute atomic E-state index is 0.306. The van der Waals surface area contributed by atoms with Crippen LogP contribution in [0.4, 0.5) is 5.69 Å². The van der Waals surface area contributed by atoms with Crippen LogP contribution in [0.2, 0.25) is 0 Å². The van der Waals surface area contributed by atoms with Gasteiger partial charge in [0.1, 0.15) is 0 Å². The zero-order chi connectivity index (χ0) is 18.0. The van der Waals surface area contributed by atoms with Crippen LogP contribution in [0, 0.1) is 5.41 Å². The van der Waals surface area contributed by atoms with Gasteiger partial charge in [0, 0.05) is 50.4 Å². The standard InChI is InChI=1S/C21H28N2O2S/c1-21(2,14-17-7-13-26-15-17)16-22-8-10-23(11-9-22)19-4-3-5-20-18(19)6-12-24-25-20/h3-5,7,13,15H,6,8-12,14,16H2,1-2H3. The van der Waals surface area contributed by atoms with Crippen molar-refractivity contribution in [1.29, 1.82) is 0 Å². The van der Waals surface area contributed by atoms with Crippen molar-refractivity contribution in [2.45, 2.75) is 26.7 Å². The first-order chi connectivity index (χ1) is 12.6. The molecule has 140 valence electrons. The second-order valence-electron chi connectivity index (χ2n) is 8.14. The molecule has 0 saturated carbocycles. The van der Waals surface area contributed by atoms with E-state index in [2.05, 4.69) is 52.6 Å². The Kier molecular flexibility index (Phi) is 5.20. The van der Waals surface area contributed by atoms with E-state index in [9.17, 15) is 0 Å². The van der Waals surface area contributed by atoms with E-state index < -0.39 is 0 Å². The number of fused-ring (bicyclic) bond motifs is 1. The van der Waals surface area contributed by atoms with Gasteiger partial charge in [0.05, 0.1) is 6.61 Å². The quantitative estimate of drug-likeness (QED) is 0.741. The molecule has 1 saturated heterocycles. The van der Waals surface area contributed by atoms with Gasteiger partial charge in [-0.2, -0.15) is 16.2 Å². The predicted octanol–water partition coefficient (Wildman–Crippen LogP) is 4.01. The molecule has 26 heavy (non-hydrogen) atoms. The molecule has 4 nitrogen and oxygen atoms in total. The molecule has 0 atom stereocenters. The van der Waals surface area contributed by atoms with E-state index in [-0.39, 0.29) is 0 Å². The van der Waals surface area contributed by atoms with E-state index in [1.165, 1.54) is 16.8 Å². The Morgan fingerprint density at radius 3 is 2.73 bits per heavy atom. The fraction of sp³-hybridized carbons (Fsp3) is 0.524. The van der Waals surface area contributed by atoms with Crippen molar-refractivity contribution in [3.05, 3.63) is 46.2 Å². The van der Waals surface area contributed by atoms with Crippen LogP contribution in [0.15, 0.2) is 35.0 Å². The molecule has 0 radical (unpaired) electrons. The topological polar surface area (TPSA) is 24.9 Å². The van der Waals surface area contributed by atoms with Crippen molar-refractivity contribution in [1.82, 2.24) is 4.90 Å². The molecule has 2 aliphatic rings. The number of anilines is 1. The Balaban J connectivity index is 1.36. The molecule has 2 aliphatic heterocycles. The van der Waals surface area contributed by atoms with Crippen molar-refractivity contribution in [3.63, 3.8) is 0 Å². The lowest BCUT2D eigenvalue weighted by Crippen LogP contribution is -2.49. The van der Waals surface area contributed by atoms with E-state index in [0.717, 1.165) is 51.3 Å². The maximum Gasteiger partial charge on any atom is 0.170 e. The Labute approximate surface area is 160 Å². The number of thiophene rings is 1. The maximum absolute atomic E-state index is 5.36. The minimum Gasteiger partial charge on any atom is -0.369 e. The van der Waals surface area contributed by atoms with Crippen molar-refractivity contribution in [2.75, 3.05) is 44.2 Å². The third-order valence-electron chi connectivity index (χ3n) is 5.32.